The Balaban J connectivity index is 1.12. The average molecular weight is 605 g/mol. The zero-order valence-corrected chi connectivity index (χ0v) is 25.4. The lowest BCUT2D eigenvalue weighted by Crippen LogP contribution is -2.23. The van der Waals surface area contributed by atoms with Crippen molar-refractivity contribution in [1.82, 2.24) is 20.4 Å². The van der Waals surface area contributed by atoms with Crippen molar-refractivity contribution in [2.75, 3.05) is 29.3 Å². The fourth-order valence-electron chi connectivity index (χ4n) is 5.21. The summed E-state index contributed by atoms with van der Waals surface area (Å²) in [6, 6.07) is 16.2. The van der Waals surface area contributed by atoms with Gasteiger partial charge in [-0.15, -0.1) is 0 Å². The minimum Gasteiger partial charge on any atom is -0.387 e. The molecule has 2 aromatic carbocycles. The standard InChI is InChI=1S/C32H40N6O4S/c1-2-3-4-5-6-9-31-35-32(36-42-31)38-20-17-25-21-28(14-15-29(25)38)43(40,41)37-27-12-10-24(11-13-27)16-19-34-23-30(39)26-8-7-18-33-22-26/h7-8,10-15,18,21-22,30,34,37,39H,2-6,9,16-17,19-20,23H2,1H3. The second-order valence-corrected chi connectivity index (χ2v) is 12.6. The van der Waals surface area contributed by atoms with Crippen molar-refractivity contribution < 1.29 is 18.0 Å². The molecule has 1 atom stereocenters. The van der Waals surface area contributed by atoms with Gasteiger partial charge in [0.1, 0.15) is 0 Å². The number of aromatic nitrogens is 3. The minimum atomic E-state index is -3.76. The van der Waals surface area contributed by atoms with Crippen LogP contribution >= 0.6 is 0 Å². The minimum absolute atomic E-state index is 0.217. The maximum Gasteiger partial charge on any atom is 0.270 e. The Morgan fingerprint density at radius 1 is 1.05 bits per heavy atom. The fourth-order valence-corrected chi connectivity index (χ4v) is 6.31. The molecule has 3 heterocycles. The molecule has 2 aromatic heterocycles. The molecule has 1 aliphatic heterocycles. The molecule has 228 valence electrons. The molecular formula is C32H40N6O4S. The molecule has 0 aliphatic carbocycles. The number of pyridine rings is 1. The Bertz CT molecular complexity index is 1560. The smallest absolute Gasteiger partial charge is 0.270 e. The number of nitrogens with zero attached hydrogens (tertiary/aromatic N) is 4. The lowest BCUT2D eigenvalue weighted by molar-refractivity contribution is 0.174. The number of fused-ring (bicyclic) bond motifs is 1. The summed E-state index contributed by atoms with van der Waals surface area (Å²) < 4.78 is 34.6. The highest BCUT2D eigenvalue weighted by molar-refractivity contribution is 7.92. The Labute approximate surface area is 253 Å². The number of unbranched alkanes of at least 4 members (excludes halogenated alkanes) is 4. The van der Waals surface area contributed by atoms with Gasteiger partial charge in [-0.1, -0.05) is 50.8 Å². The highest BCUT2D eigenvalue weighted by atomic mass is 32.2. The molecule has 0 radical (unpaired) electrons. The molecule has 1 aliphatic rings. The van der Waals surface area contributed by atoms with Crippen LogP contribution in [0.5, 0.6) is 0 Å². The van der Waals surface area contributed by atoms with Crippen LogP contribution in [0.4, 0.5) is 17.3 Å². The number of nitrogens with one attached hydrogen (secondary N) is 2. The van der Waals surface area contributed by atoms with Gasteiger partial charge in [0.15, 0.2) is 0 Å². The third-order valence-corrected chi connectivity index (χ3v) is 9.03. The van der Waals surface area contributed by atoms with E-state index in [4.69, 9.17) is 4.52 Å². The summed E-state index contributed by atoms with van der Waals surface area (Å²) in [5, 5.41) is 17.7. The van der Waals surface area contributed by atoms with Crippen molar-refractivity contribution in [2.45, 2.75) is 69.3 Å². The van der Waals surface area contributed by atoms with Crippen LogP contribution in [0.3, 0.4) is 0 Å². The van der Waals surface area contributed by atoms with Crippen LogP contribution in [0.1, 0.15) is 67.7 Å². The lowest BCUT2D eigenvalue weighted by Gasteiger charge is -2.15. The first kappa shape index (κ1) is 30.7. The summed E-state index contributed by atoms with van der Waals surface area (Å²) in [7, 11) is -3.76. The van der Waals surface area contributed by atoms with E-state index in [9.17, 15) is 13.5 Å². The van der Waals surface area contributed by atoms with Crippen LogP contribution in [-0.2, 0) is 29.3 Å². The van der Waals surface area contributed by atoms with E-state index in [0.717, 1.165) is 48.1 Å². The summed E-state index contributed by atoms with van der Waals surface area (Å²) in [6.45, 7) is 3.98. The van der Waals surface area contributed by atoms with E-state index < -0.39 is 16.1 Å². The van der Waals surface area contributed by atoms with Gasteiger partial charge >= 0.3 is 0 Å². The summed E-state index contributed by atoms with van der Waals surface area (Å²) in [6.07, 6.45) is 10.8. The molecule has 5 rings (SSSR count). The number of hydrogen-bond donors (Lipinski definition) is 3. The van der Waals surface area contributed by atoms with Crippen LogP contribution < -0.4 is 14.9 Å². The second kappa shape index (κ2) is 14.6. The van der Waals surface area contributed by atoms with Crippen molar-refractivity contribution in [2.24, 2.45) is 0 Å². The summed E-state index contributed by atoms with van der Waals surface area (Å²) in [5.74, 6) is 1.17. The molecule has 43 heavy (non-hydrogen) atoms. The third kappa shape index (κ3) is 8.19. The quantitative estimate of drug-likeness (QED) is 0.145. The lowest BCUT2D eigenvalue weighted by atomic mass is 10.1. The SMILES string of the molecule is CCCCCCCc1nc(N2CCc3cc(S(=O)(=O)Nc4ccc(CCNCC(O)c5cccnc5)cc4)ccc32)no1. The Hall–Kier alpha value is -3.80. The van der Waals surface area contributed by atoms with Crippen molar-refractivity contribution in [1.29, 1.82) is 0 Å². The monoisotopic (exact) mass is 604 g/mol. The molecule has 0 spiro atoms. The van der Waals surface area contributed by atoms with Crippen molar-refractivity contribution >= 4 is 27.3 Å². The fraction of sp³-hybridized carbons (Fsp3) is 0.406. The number of rotatable bonds is 16. The van der Waals surface area contributed by atoms with E-state index in [0.29, 0.717) is 43.6 Å². The zero-order chi connectivity index (χ0) is 30.1. The molecule has 3 N–H and O–H groups in total. The van der Waals surface area contributed by atoms with Crippen LogP contribution in [0.2, 0.25) is 0 Å². The first-order chi connectivity index (χ1) is 20.9. The highest BCUT2D eigenvalue weighted by Crippen LogP contribution is 2.35. The maximum absolute atomic E-state index is 13.2. The van der Waals surface area contributed by atoms with Crippen LogP contribution in [0.25, 0.3) is 0 Å². The van der Waals surface area contributed by atoms with Gasteiger partial charge in [0.25, 0.3) is 16.0 Å². The molecule has 0 fully saturated rings. The molecule has 11 heteroatoms. The van der Waals surface area contributed by atoms with E-state index in [2.05, 4.69) is 32.1 Å². The molecule has 0 saturated heterocycles. The highest BCUT2D eigenvalue weighted by Gasteiger charge is 2.26. The number of aliphatic hydroxyl groups excluding tert-OH is 1. The number of aryl methyl sites for hydroxylation is 1. The number of aliphatic hydroxyl groups is 1. The third-order valence-electron chi connectivity index (χ3n) is 7.65. The van der Waals surface area contributed by atoms with Gasteiger partial charge < -0.3 is 19.8 Å². The first-order valence-electron chi connectivity index (χ1n) is 15.1. The number of sulfonamides is 1. The van der Waals surface area contributed by atoms with E-state index in [1.807, 2.05) is 29.2 Å². The molecule has 10 nitrogen and oxygen atoms in total. The largest absolute Gasteiger partial charge is 0.387 e. The van der Waals surface area contributed by atoms with Crippen LogP contribution in [0, 0.1) is 0 Å². The van der Waals surface area contributed by atoms with Gasteiger partial charge in [-0.05, 0) is 78.5 Å². The topological polar surface area (TPSA) is 133 Å². The Morgan fingerprint density at radius 2 is 1.88 bits per heavy atom. The molecule has 1 unspecified atom stereocenters. The van der Waals surface area contributed by atoms with Crippen LogP contribution in [-0.4, -0.2) is 48.3 Å². The number of hydrogen-bond acceptors (Lipinski definition) is 9. The van der Waals surface area contributed by atoms with Gasteiger partial charge in [0, 0.05) is 48.8 Å². The van der Waals surface area contributed by atoms with E-state index in [-0.39, 0.29) is 4.90 Å². The molecule has 0 saturated carbocycles. The van der Waals surface area contributed by atoms with Gasteiger partial charge in [0.2, 0.25) is 5.89 Å². The predicted molar refractivity (Wildman–Crippen MR) is 167 cm³/mol. The zero-order valence-electron chi connectivity index (χ0n) is 24.6. The van der Waals surface area contributed by atoms with E-state index in [1.54, 1.807) is 42.7 Å². The van der Waals surface area contributed by atoms with Crippen LogP contribution in [0.15, 0.2) is 76.4 Å². The maximum atomic E-state index is 13.2. The molecule has 0 amide bonds. The van der Waals surface area contributed by atoms with Crippen molar-refractivity contribution in [3.63, 3.8) is 0 Å². The summed E-state index contributed by atoms with van der Waals surface area (Å²) >= 11 is 0. The normalized spacial score (nSPS) is 13.7. The number of anilines is 3. The molecular weight excluding hydrogens is 564 g/mol. The first-order valence-corrected chi connectivity index (χ1v) is 16.5. The average Bonchev–Trinajstić information content (AvgIpc) is 3.67. The molecule has 4 aromatic rings. The van der Waals surface area contributed by atoms with Crippen molar-refractivity contribution in [3.05, 3.63) is 89.6 Å². The Kier molecular flexibility index (Phi) is 10.4. The van der Waals surface area contributed by atoms with E-state index >= 15 is 0 Å². The summed E-state index contributed by atoms with van der Waals surface area (Å²) in [5.41, 5.74) is 4.17. The van der Waals surface area contributed by atoms with Gasteiger partial charge in [-0.25, -0.2) is 8.42 Å². The van der Waals surface area contributed by atoms with E-state index in [1.165, 1.54) is 19.3 Å². The second-order valence-electron chi connectivity index (χ2n) is 10.9. The van der Waals surface area contributed by atoms with Gasteiger partial charge in [0.05, 0.1) is 11.0 Å². The number of benzene rings is 2. The van der Waals surface area contributed by atoms with Gasteiger partial charge in [-0.3, -0.25) is 9.71 Å². The predicted octanol–water partition coefficient (Wildman–Crippen LogP) is 5.34. The van der Waals surface area contributed by atoms with Gasteiger partial charge in [-0.2, -0.15) is 4.98 Å². The van der Waals surface area contributed by atoms with Crippen molar-refractivity contribution in [3.8, 4) is 0 Å². The Morgan fingerprint density at radius 3 is 2.67 bits per heavy atom. The molecule has 0 bridgehead atoms. The summed E-state index contributed by atoms with van der Waals surface area (Å²) in [4.78, 5) is 10.8.